The second-order valence-electron chi connectivity index (χ2n) is 8.31. The molecular weight excluding hydrogens is 230 g/mol. The van der Waals surface area contributed by atoms with Crippen molar-refractivity contribution in [3.63, 3.8) is 0 Å². The second-order valence-corrected chi connectivity index (χ2v) is 8.31. The maximum Gasteiger partial charge on any atom is 0.0101 e. The van der Waals surface area contributed by atoms with E-state index in [0.29, 0.717) is 10.8 Å². The van der Waals surface area contributed by atoms with Crippen LogP contribution in [-0.2, 0) is 0 Å². The first-order chi connectivity index (χ1) is 8.97. The molecule has 2 unspecified atom stereocenters. The number of rotatable bonds is 4. The summed E-state index contributed by atoms with van der Waals surface area (Å²) in [6.45, 7) is 11.0. The monoisotopic (exact) mass is 265 g/mol. The van der Waals surface area contributed by atoms with Gasteiger partial charge in [0.05, 0.1) is 0 Å². The normalized spacial score (nSPS) is 31.6. The van der Waals surface area contributed by atoms with Crippen molar-refractivity contribution in [3.05, 3.63) is 0 Å². The minimum atomic E-state index is 0.465. The third-order valence-corrected chi connectivity index (χ3v) is 6.03. The Hall–Kier alpha value is -0.0400. The lowest BCUT2D eigenvalue weighted by molar-refractivity contribution is 0.117. The molecule has 0 aromatic carbocycles. The summed E-state index contributed by atoms with van der Waals surface area (Å²) in [5.74, 6) is 0.872. The number of hydrogen-bond acceptors (Lipinski definition) is 1. The van der Waals surface area contributed by atoms with Crippen LogP contribution in [0, 0.1) is 16.7 Å². The van der Waals surface area contributed by atoms with Crippen LogP contribution in [0.1, 0.15) is 85.5 Å². The first-order valence-corrected chi connectivity index (χ1v) is 8.70. The minimum Gasteiger partial charge on any atom is -0.313 e. The average Bonchev–Trinajstić information content (AvgIpc) is 2.85. The maximum atomic E-state index is 4.01. The fraction of sp³-hybridized carbons (Fsp3) is 1.00. The van der Waals surface area contributed by atoms with Crippen LogP contribution in [0.25, 0.3) is 0 Å². The highest BCUT2D eigenvalue weighted by atomic mass is 14.9. The molecule has 1 N–H and O–H groups in total. The Morgan fingerprint density at radius 1 is 1.00 bits per heavy atom. The molecule has 112 valence electrons. The molecule has 2 aliphatic carbocycles. The summed E-state index contributed by atoms with van der Waals surface area (Å²) in [7, 11) is 0. The third-order valence-electron chi connectivity index (χ3n) is 6.03. The van der Waals surface area contributed by atoms with E-state index in [1.807, 2.05) is 0 Å². The van der Waals surface area contributed by atoms with Crippen molar-refractivity contribution in [2.75, 3.05) is 6.54 Å². The lowest BCUT2D eigenvalue weighted by Gasteiger charge is -2.42. The highest BCUT2D eigenvalue weighted by Crippen LogP contribution is 2.42. The lowest BCUT2D eigenvalue weighted by atomic mass is 9.69. The van der Waals surface area contributed by atoms with Crippen LogP contribution < -0.4 is 5.32 Å². The van der Waals surface area contributed by atoms with Gasteiger partial charge >= 0.3 is 0 Å². The molecule has 0 amide bonds. The van der Waals surface area contributed by atoms with Gasteiger partial charge in [-0.1, -0.05) is 53.4 Å². The summed E-state index contributed by atoms with van der Waals surface area (Å²) in [5, 5.41) is 4.01. The Morgan fingerprint density at radius 2 is 1.63 bits per heavy atom. The summed E-state index contributed by atoms with van der Waals surface area (Å²) in [6, 6.07) is 0.776. The zero-order valence-corrected chi connectivity index (χ0v) is 13.7. The predicted octanol–water partition coefficient (Wildman–Crippen LogP) is 5.15. The summed E-state index contributed by atoms with van der Waals surface area (Å²) in [4.78, 5) is 0. The van der Waals surface area contributed by atoms with Gasteiger partial charge in [-0.15, -0.1) is 0 Å². The molecule has 2 rings (SSSR count). The van der Waals surface area contributed by atoms with Crippen molar-refractivity contribution in [3.8, 4) is 0 Å². The molecule has 2 saturated carbocycles. The summed E-state index contributed by atoms with van der Waals surface area (Å²) in [6.07, 6.45) is 12.9. The van der Waals surface area contributed by atoms with Gasteiger partial charge in [-0.25, -0.2) is 0 Å². The average molecular weight is 265 g/mol. The lowest BCUT2D eigenvalue weighted by Crippen LogP contribution is -2.47. The second kappa shape index (κ2) is 6.16. The van der Waals surface area contributed by atoms with E-state index in [1.54, 1.807) is 0 Å². The molecular formula is C18H35N. The van der Waals surface area contributed by atoms with Gasteiger partial charge in [0, 0.05) is 12.6 Å². The summed E-state index contributed by atoms with van der Waals surface area (Å²) < 4.78 is 0. The van der Waals surface area contributed by atoms with Gasteiger partial charge in [-0.05, 0) is 48.9 Å². The van der Waals surface area contributed by atoms with Crippen LogP contribution >= 0.6 is 0 Å². The van der Waals surface area contributed by atoms with Crippen LogP contribution in [0.5, 0.6) is 0 Å². The van der Waals surface area contributed by atoms with Crippen LogP contribution in [-0.4, -0.2) is 12.6 Å². The molecule has 2 atom stereocenters. The van der Waals surface area contributed by atoms with Gasteiger partial charge in [-0.2, -0.15) is 0 Å². The molecule has 0 spiro atoms. The van der Waals surface area contributed by atoms with Gasteiger partial charge in [0.25, 0.3) is 0 Å². The van der Waals surface area contributed by atoms with E-state index in [-0.39, 0.29) is 0 Å². The standard InChI is InChI=1S/C18H35N/c1-5-18(12-8-9-13-18)14-19-16-11-7-6-10-15(16)17(2,3)4/h15-16,19H,5-14H2,1-4H3. The quantitative estimate of drug-likeness (QED) is 0.741. The molecule has 0 radical (unpaired) electrons. The molecule has 0 saturated heterocycles. The van der Waals surface area contributed by atoms with Crippen molar-refractivity contribution in [1.29, 1.82) is 0 Å². The van der Waals surface area contributed by atoms with E-state index in [2.05, 4.69) is 33.0 Å². The smallest absolute Gasteiger partial charge is 0.0101 e. The molecule has 0 bridgehead atoms. The molecule has 0 aromatic rings. The summed E-state index contributed by atoms with van der Waals surface area (Å²) >= 11 is 0. The molecule has 1 nitrogen and oxygen atoms in total. The topological polar surface area (TPSA) is 12.0 Å². The van der Waals surface area contributed by atoms with E-state index < -0.39 is 0 Å². The SMILES string of the molecule is CCC1(CNC2CCCCC2C(C)(C)C)CCCC1. The predicted molar refractivity (Wildman–Crippen MR) is 84.4 cm³/mol. The van der Waals surface area contributed by atoms with E-state index in [4.69, 9.17) is 0 Å². The Bertz CT molecular complexity index is 270. The van der Waals surface area contributed by atoms with Gasteiger partial charge in [0.15, 0.2) is 0 Å². The Kier molecular flexibility index (Phi) is 4.98. The van der Waals surface area contributed by atoms with Gasteiger partial charge in [0.1, 0.15) is 0 Å². The largest absolute Gasteiger partial charge is 0.313 e. The van der Waals surface area contributed by atoms with Crippen LogP contribution in [0.15, 0.2) is 0 Å². The first kappa shape index (κ1) is 15.4. The third kappa shape index (κ3) is 3.74. The summed E-state index contributed by atoms with van der Waals surface area (Å²) in [5.41, 5.74) is 1.10. The Balaban J connectivity index is 1.92. The van der Waals surface area contributed by atoms with Crippen LogP contribution in [0.2, 0.25) is 0 Å². The van der Waals surface area contributed by atoms with E-state index in [1.165, 1.54) is 64.3 Å². The van der Waals surface area contributed by atoms with Gasteiger partial charge in [-0.3, -0.25) is 0 Å². The zero-order valence-electron chi connectivity index (χ0n) is 13.7. The van der Waals surface area contributed by atoms with Crippen molar-refractivity contribution in [1.82, 2.24) is 5.32 Å². The molecule has 1 heteroatoms. The van der Waals surface area contributed by atoms with Crippen LogP contribution in [0.3, 0.4) is 0 Å². The van der Waals surface area contributed by atoms with E-state index >= 15 is 0 Å². The molecule has 0 aliphatic heterocycles. The molecule has 19 heavy (non-hydrogen) atoms. The minimum absolute atomic E-state index is 0.465. The van der Waals surface area contributed by atoms with Crippen molar-refractivity contribution >= 4 is 0 Å². The highest BCUT2D eigenvalue weighted by Gasteiger charge is 2.37. The van der Waals surface area contributed by atoms with Crippen LogP contribution in [0.4, 0.5) is 0 Å². The molecule has 0 aromatic heterocycles. The van der Waals surface area contributed by atoms with Crippen molar-refractivity contribution in [2.24, 2.45) is 16.7 Å². The fourth-order valence-electron chi connectivity index (χ4n) is 4.54. The van der Waals surface area contributed by atoms with Gasteiger partial charge < -0.3 is 5.32 Å². The zero-order chi connectivity index (χ0) is 13.9. The molecule has 0 heterocycles. The molecule has 2 fully saturated rings. The first-order valence-electron chi connectivity index (χ1n) is 8.70. The van der Waals surface area contributed by atoms with Gasteiger partial charge in [0.2, 0.25) is 0 Å². The van der Waals surface area contributed by atoms with E-state index in [9.17, 15) is 0 Å². The molecule has 2 aliphatic rings. The fourth-order valence-corrected chi connectivity index (χ4v) is 4.54. The highest BCUT2D eigenvalue weighted by molar-refractivity contribution is 4.92. The maximum absolute atomic E-state index is 4.01. The van der Waals surface area contributed by atoms with Crippen molar-refractivity contribution < 1.29 is 0 Å². The number of hydrogen-bond donors (Lipinski definition) is 1. The Labute approximate surface area is 120 Å². The van der Waals surface area contributed by atoms with E-state index in [0.717, 1.165) is 12.0 Å². The Morgan fingerprint density at radius 3 is 2.21 bits per heavy atom. The number of nitrogens with one attached hydrogen (secondary N) is 1. The van der Waals surface area contributed by atoms with Crippen molar-refractivity contribution in [2.45, 2.75) is 91.5 Å².